The second-order valence-electron chi connectivity index (χ2n) is 5.52. The molecule has 1 aromatic carbocycles. The normalized spacial score (nSPS) is 14.5. The monoisotopic (exact) mass is 342 g/mol. The van der Waals surface area contributed by atoms with Crippen LogP contribution in [0.1, 0.15) is 42.5 Å². The van der Waals surface area contributed by atoms with E-state index in [1.165, 1.54) is 30.2 Å². The minimum atomic E-state index is -0.0950. The molecule has 0 saturated carbocycles. The summed E-state index contributed by atoms with van der Waals surface area (Å²) in [5.41, 5.74) is 2.67. The van der Waals surface area contributed by atoms with Crippen molar-refractivity contribution in [3.8, 4) is 6.19 Å². The smallest absolute Gasteiger partial charge is 0.251 e. The van der Waals surface area contributed by atoms with Crippen LogP contribution in [0.2, 0.25) is 0 Å². The topological polar surface area (TPSA) is 77.3 Å². The summed E-state index contributed by atoms with van der Waals surface area (Å²) >= 11 is 1.34. The van der Waals surface area contributed by atoms with E-state index in [9.17, 15) is 4.79 Å². The Balaban J connectivity index is 1.93. The Labute approximate surface area is 147 Å². The summed E-state index contributed by atoms with van der Waals surface area (Å²) in [6.07, 6.45) is 11.8. The van der Waals surface area contributed by atoms with E-state index >= 15 is 0 Å². The number of hydrogen-bond donors (Lipinski definition) is 2. The van der Waals surface area contributed by atoms with Gasteiger partial charge in [0.1, 0.15) is 0 Å². The maximum Gasteiger partial charge on any atom is 0.251 e. The van der Waals surface area contributed by atoms with E-state index in [2.05, 4.69) is 21.7 Å². The molecule has 0 atom stereocenters. The summed E-state index contributed by atoms with van der Waals surface area (Å²) in [4.78, 5) is 16.6. The number of nitrogens with one attached hydrogen (secondary N) is 2. The lowest BCUT2D eigenvalue weighted by Gasteiger charge is -2.13. The fourth-order valence-electron chi connectivity index (χ4n) is 2.58. The lowest BCUT2D eigenvalue weighted by atomic mass is 9.97. The second-order valence-corrected chi connectivity index (χ2v) is 6.32. The lowest BCUT2D eigenvalue weighted by molar-refractivity contribution is 0.0954. The van der Waals surface area contributed by atoms with Gasteiger partial charge in [0.25, 0.3) is 5.91 Å². The number of carbonyl (C=O) groups excluding carboxylic acids is 1. The molecule has 24 heavy (non-hydrogen) atoms. The van der Waals surface area contributed by atoms with Gasteiger partial charge in [0, 0.05) is 12.1 Å². The Hall–Kier alpha value is -2.26. The predicted octanol–water partition coefficient (Wildman–Crippen LogP) is 3.73. The minimum absolute atomic E-state index is 0.0950. The van der Waals surface area contributed by atoms with Crippen molar-refractivity contribution in [3.63, 3.8) is 0 Å². The van der Waals surface area contributed by atoms with Gasteiger partial charge in [-0.05, 0) is 56.6 Å². The van der Waals surface area contributed by atoms with Gasteiger partial charge in [0.15, 0.2) is 11.4 Å². The molecule has 1 aromatic rings. The van der Waals surface area contributed by atoms with Gasteiger partial charge >= 0.3 is 0 Å². The SMILES string of the molecule is CSC(=Nc1cccc(C(=O)NCCC2=CCCCC2)c1)NC#N. The summed E-state index contributed by atoms with van der Waals surface area (Å²) in [6.45, 7) is 0.657. The molecule has 1 aliphatic rings. The van der Waals surface area contributed by atoms with Crippen LogP contribution in [0.3, 0.4) is 0 Å². The number of amidine groups is 1. The van der Waals surface area contributed by atoms with Crippen molar-refractivity contribution in [2.75, 3.05) is 12.8 Å². The highest BCUT2D eigenvalue weighted by Crippen LogP contribution is 2.20. The largest absolute Gasteiger partial charge is 0.352 e. The van der Waals surface area contributed by atoms with Crippen molar-refractivity contribution in [2.45, 2.75) is 32.1 Å². The van der Waals surface area contributed by atoms with Crippen LogP contribution in [0.5, 0.6) is 0 Å². The summed E-state index contributed by atoms with van der Waals surface area (Å²) in [5.74, 6) is -0.0950. The molecule has 0 aliphatic heterocycles. The number of nitriles is 1. The Bertz CT molecular complexity index is 676. The van der Waals surface area contributed by atoms with Gasteiger partial charge in [-0.15, -0.1) is 0 Å². The molecule has 1 amide bonds. The van der Waals surface area contributed by atoms with Crippen LogP contribution in [0.4, 0.5) is 5.69 Å². The van der Waals surface area contributed by atoms with E-state index < -0.39 is 0 Å². The fraction of sp³-hybridized carbons (Fsp3) is 0.389. The van der Waals surface area contributed by atoms with Gasteiger partial charge < -0.3 is 5.32 Å². The van der Waals surface area contributed by atoms with Crippen LogP contribution in [0, 0.1) is 11.5 Å². The molecule has 0 spiro atoms. The number of allylic oxidation sites excluding steroid dienone is 1. The standard InChI is InChI=1S/C18H22N4OS/c1-24-18(21-13-19)22-16-9-5-8-15(12-16)17(23)20-11-10-14-6-3-2-4-7-14/h5-6,8-9,12H,2-4,7,10-11H2,1H3,(H,20,23)(H,21,22). The number of benzene rings is 1. The van der Waals surface area contributed by atoms with E-state index in [0.29, 0.717) is 23.0 Å². The molecule has 0 fully saturated rings. The van der Waals surface area contributed by atoms with Crippen molar-refractivity contribution < 1.29 is 4.79 Å². The van der Waals surface area contributed by atoms with Crippen LogP contribution in [-0.4, -0.2) is 23.9 Å². The zero-order valence-corrected chi connectivity index (χ0v) is 14.7. The first-order valence-corrected chi connectivity index (χ1v) is 9.29. The Kier molecular flexibility index (Phi) is 7.37. The van der Waals surface area contributed by atoms with Crippen molar-refractivity contribution in [2.24, 2.45) is 4.99 Å². The number of amides is 1. The van der Waals surface area contributed by atoms with Crippen molar-refractivity contribution >= 4 is 28.5 Å². The molecule has 0 unspecified atom stereocenters. The highest BCUT2D eigenvalue weighted by molar-refractivity contribution is 8.13. The molecule has 126 valence electrons. The number of thioether (sulfide) groups is 1. The highest BCUT2D eigenvalue weighted by atomic mass is 32.2. The molecule has 0 aromatic heterocycles. The summed E-state index contributed by atoms with van der Waals surface area (Å²) in [6, 6.07) is 7.09. The molecule has 5 nitrogen and oxygen atoms in total. The zero-order valence-electron chi connectivity index (χ0n) is 13.8. The molecule has 0 bridgehead atoms. The first-order chi connectivity index (χ1) is 11.7. The number of aliphatic imine (C=N–C) groups is 1. The highest BCUT2D eigenvalue weighted by Gasteiger charge is 2.08. The number of carbonyl (C=O) groups is 1. The Morgan fingerprint density at radius 1 is 1.42 bits per heavy atom. The molecule has 0 radical (unpaired) electrons. The van der Waals surface area contributed by atoms with E-state index in [0.717, 1.165) is 19.3 Å². The van der Waals surface area contributed by atoms with Crippen molar-refractivity contribution in [1.82, 2.24) is 10.6 Å². The molecular formula is C18H22N4OS. The number of nitrogens with zero attached hydrogens (tertiary/aromatic N) is 2. The summed E-state index contributed by atoms with van der Waals surface area (Å²) in [7, 11) is 0. The van der Waals surface area contributed by atoms with Crippen LogP contribution >= 0.6 is 11.8 Å². The van der Waals surface area contributed by atoms with Gasteiger partial charge in [0.05, 0.1) is 5.69 Å². The first kappa shape index (κ1) is 18.1. The van der Waals surface area contributed by atoms with Crippen LogP contribution < -0.4 is 10.6 Å². The van der Waals surface area contributed by atoms with Gasteiger partial charge in [0.2, 0.25) is 0 Å². The first-order valence-electron chi connectivity index (χ1n) is 8.07. The summed E-state index contributed by atoms with van der Waals surface area (Å²) in [5, 5.41) is 14.6. The molecule has 0 saturated heterocycles. The van der Waals surface area contributed by atoms with Gasteiger partial charge in [-0.2, -0.15) is 5.26 Å². The van der Waals surface area contributed by atoms with E-state index in [-0.39, 0.29) is 5.91 Å². The van der Waals surface area contributed by atoms with E-state index in [1.807, 2.05) is 12.4 Å². The number of hydrogen-bond acceptors (Lipinski definition) is 4. The van der Waals surface area contributed by atoms with Crippen LogP contribution in [0.25, 0.3) is 0 Å². The maximum absolute atomic E-state index is 12.3. The Morgan fingerprint density at radius 2 is 2.29 bits per heavy atom. The quantitative estimate of drug-likeness (QED) is 0.281. The molecule has 0 heterocycles. The van der Waals surface area contributed by atoms with Gasteiger partial charge in [-0.1, -0.05) is 29.5 Å². The van der Waals surface area contributed by atoms with E-state index in [1.54, 1.807) is 24.3 Å². The third-order valence-corrected chi connectivity index (χ3v) is 4.39. The maximum atomic E-state index is 12.3. The lowest BCUT2D eigenvalue weighted by Crippen LogP contribution is -2.24. The van der Waals surface area contributed by atoms with Gasteiger partial charge in [-0.3, -0.25) is 10.1 Å². The fourth-order valence-corrected chi connectivity index (χ4v) is 2.92. The van der Waals surface area contributed by atoms with Crippen LogP contribution in [0.15, 0.2) is 40.9 Å². The molecular weight excluding hydrogens is 320 g/mol. The zero-order chi connectivity index (χ0) is 17.2. The van der Waals surface area contributed by atoms with Crippen LogP contribution in [-0.2, 0) is 0 Å². The molecule has 2 rings (SSSR count). The second kappa shape index (κ2) is 9.78. The molecule has 1 aliphatic carbocycles. The minimum Gasteiger partial charge on any atom is -0.352 e. The third kappa shape index (κ3) is 5.74. The average molecular weight is 342 g/mol. The predicted molar refractivity (Wildman–Crippen MR) is 99.3 cm³/mol. The van der Waals surface area contributed by atoms with E-state index in [4.69, 9.17) is 5.26 Å². The Morgan fingerprint density at radius 3 is 3.00 bits per heavy atom. The number of rotatable bonds is 5. The molecule has 6 heteroatoms. The van der Waals surface area contributed by atoms with Crippen molar-refractivity contribution in [3.05, 3.63) is 41.5 Å². The van der Waals surface area contributed by atoms with Gasteiger partial charge in [-0.25, -0.2) is 4.99 Å². The molecule has 2 N–H and O–H groups in total. The summed E-state index contributed by atoms with van der Waals surface area (Å²) < 4.78 is 0. The third-order valence-electron chi connectivity index (χ3n) is 3.81. The van der Waals surface area contributed by atoms with Crippen molar-refractivity contribution in [1.29, 1.82) is 5.26 Å². The average Bonchev–Trinajstić information content (AvgIpc) is 2.62.